The molecule has 2 aromatic carbocycles. The Bertz CT molecular complexity index is 1270. The lowest BCUT2D eigenvalue weighted by Crippen LogP contribution is -2.51. The van der Waals surface area contributed by atoms with Crippen LogP contribution < -0.4 is 10.8 Å². The molecule has 2 unspecified atom stereocenters. The van der Waals surface area contributed by atoms with E-state index in [0.717, 1.165) is 11.1 Å². The molecular formula is C26H22N2O6. The van der Waals surface area contributed by atoms with Gasteiger partial charge in [-0.05, 0) is 60.6 Å². The number of nitrogens with one attached hydrogen (secondary N) is 2. The highest BCUT2D eigenvalue weighted by molar-refractivity contribution is 5.97. The minimum atomic E-state index is -1.30. The van der Waals surface area contributed by atoms with E-state index >= 15 is 0 Å². The summed E-state index contributed by atoms with van der Waals surface area (Å²) in [5.74, 6) is 10.5. The van der Waals surface area contributed by atoms with E-state index in [1.54, 1.807) is 18.2 Å². The average molecular weight is 458 g/mol. The molecule has 0 aliphatic heterocycles. The fourth-order valence-electron chi connectivity index (χ4n) is 3.04. The highest BCUT2D eigenvalue weighted by atomic mass is 16.5. The molecule has 2 amide bonds. The molecule has 34 heavy (non-hydrogen) atoms. The molecule has 0 bridgehead atoms. The van der Waals surface area contributed by atoms with E-state index in [-0.39, 0.29) is 12.2 Å². The van der Waals surface area contributed by atoms with Gasteiger partial charge in [0.2, 0.25) is 0 Å². The van der Waals surface area contributed by atoms with Crippen molar-refractivity contribution in [2.75, 3.05) is 0 Å². The van der Waals surface area contributed by atoms with E-state index < -0.39 is 24.0 Å². The number of carbonyl (C=O) groups excluding carboxylic acids is 2. The second-order valence-electron chi connectivity index (χ2n) is 7.22. The summed E-state index contributed by atoms with van der Waals surface area (Å²) in [7, 11) is 0. The third-order valence-corrected chi connectivity index (χ3v) is 4.78. The van der Waals surface area contributed by atoms with E-state index in [4.69, 9.17) is 9.62 Å². The zero-order chi connectivity index (χ0) is 24.5. The van der Waals surface area contributed by atoms with E-state index in [1.165, 1.54) is 24.5 Å². The van der Waals surface area contributed by atoms with Crippen LogP contribution in [0.5, 0.6) is 0 Å². The minimum absolute atomic E-state index is 0.240. The second kappa shape index (κ2) is 11.5. The number of aliphatic hydroxyl groups is 2. The van der Waals surface area contributed by atoms with Crippen LogP contribution in [-0.2, 0) is 11.4 Å². The van der Waals surface area contributed by atoms with E-state index in [9.17, 15) is 19.8 Å². The van der Waals surface area contributed by atoms with Crippen LogP contribution in [0.2, 0.25) is 0 Å². The van der Waals surface area contributed by atoms with Crippen molar-refractivity contribution in [3.05, 3.63) is 83.3 Å². The lowest BCUT2D eigenvalue weighted by atomic mass is 10.1. The maximum absolute atomic E-state index is 12.3. The summed E-state index contributed by atoms with van der Waals surface area (Å²) in [6.45, 7) is 1.08. The monoisotopic (exact) mass is 458 g/mol. The summed E-state index contributed by atoms with van der Waals surface area (Å²) in [4.78, 5) is 23.9. The number of hydrogen-bond acceptors (Lipinski definition) is 6. The number of amides is 2. The van der Waals surface area contributed by atoms with Crippen LogP contribution >= 0.6 is 0 Å². The SMILES string of the molecule is CC(O)C(NC(=O)c1ccc(C#CC#Cc2oc(CO)cc2-c2ccccc2)cc1)C(=O)NO. The van der Waals surface area contributed by atoms with E-state index in [1.807, 2.05) is 30.3 Å². The van der Waals surface area contributed by atoms with Gasteiger partial charge in [-0.2, -0.15) is 0 Å². The Morgan fingerprint density at radius 3 is 2.32 bits per heavy atom. The summed E-state index contributed by atoms with van der Waals surface area (Å²) < 4.78 is 5.59. The molecule has 0 aliphatic rings. The van der Waals surface area contributed by atoms with Gasteiger partial charge in [-0.25, -0.2) is 5.48 Å². The first-order valence-electron chi connectivity index (χ1n) is 10.3. The van der Waals surface area contributed by atoms with Crippen molar-refractivity contribution in [1.82, 2.24) is 10.8 Å². The van der Waals surface area contributed by atoms with E-state index in [0.29, 0.717) is 17.1 Å². The normalized spacial score (nSPS) is 11.8. The first-order chi connectivity index (χ1) is 16.4. The number of aliphatic hydroxyl groups excluding tert-OH is 2. The lowest BCUT2D eigenvalue weighted by molar-refractivity contribution is -0.133. The molecule has 5 N–H and O–H groups in total. The Hall–Kier alpha value is -4.34. The van der Waals surface area contributed by atoms with Crippen LogP contribution in [0, 0.1) is 23.7 Å². The third-order valence-electron chi connectivity index (χ3n) is 4.78. The van der Waals surface area contributed by atoms with Gasteiger partial charge in [0, 0.05) is 16.7 Å². The smallest absolute Gasteiger partial charge is 0.268 e. The first kappa shape index (κ1) is 24.3. The molecule has 172 valence electrons. The van der Waals surface area contributed by atoms with Gasteiger partial charge in [-0.15, -0.1) is 0 Å². The highest BCUT2D eigenvalue weighted by Gasteiger charge is 2.25. The van der Waals surface area contributed by atoms with Crippen molar-refractivity contribution in [2.24, 2.45) is 0 Å². The van der Waals surface area contributed by atoms with Gasteiger partial charge >= 0.3 is 0 Å². The van der Waals surface area contributed by atoms with Gasteiger partial charge in [0.1, 0.15) is 18.4 Å². The standard InChI is InChI=1S/C26H22N2O6/c1-17(30)24(26(32)28-33)27-25(31)20-13-11-18(12-14-20)7-5-6-10-23-22(15-21(16-29)34-23)19-8-3-2-4-9-19/h2-4,8-9,11-15,17,24,29-30,33H,16H2,1H3,(H,27,31)(H,28,32). The number of hydroxylamine groups is 1. The first-order valence-corrected chi connectivity index (χ1v) is 10.3. The Morgan fingerprint density at radius 2 is 1.71 bits per heavy atom. The molecule has 1 aromatic heterocycles. The van der Waals surface area contributed by atoms with Crippen LogP contribution in [0.25, 0.3) is 11.1 Å². The summed E-state index contributed by atoms with van der Waals surface area (Å²) in [5, 5.41) is 30.1. The summed E-state index contributed by atoms with van der Waals surface area (Å²) >= 11 is 0. The zero-order valence-corrected chi connectivity index (χ0v) is 18.2. The number of benzene rings is 2. The average Bonchev–Trinajstić information content (AvgIpc) is 3.28. The van der Waals surface area contributed by atoms with Crippen molar-refractivity contribution in [2.45, 2.75) is 25.7 Å². The van der Waals surface area contributed by atoms with Crippen molar-refractivity contribution in [1.29, 1.82) is 0 Å². The van der Waals surface area contributed by atoms with Crippen molar-refractivity contribution in [3.63, 3.8) is 0 Å². The molecule has 1 heterocycles. The fraction of sp³-hybridized carbons (Fsp3) is 0.154. The molecule has 0 spiro atoms. The molecule has 0 saturated heterocycles. The Balaban J connectivity index is 1.72. The minimum Gasteiger partial charge on any atom is -0.450 e. The van der Waals surface area contributed by atoms with Crippen molar-refractivity contribution < 1.29 is 29.4 Å². The predicted octanol–water partition coefficient (Wildman–Crippen LogP) is 1.83. The largest absolute Gasteiger partial charge is 0.450 e. The molecule has 0 aliphatic carbocycles. The van der Waals surface area contributed by atoms with Crippen LogP contribution in [0.4, 0.5) is 0 Å². The van der Waals surface area contributed by atoms with Gasteiger partial charge in [-0.3, -0.25) is 14.8 Å². The van der Waals surface area contributed by atoms with Gasteiger partial charge in [-0.1, -0.05) is 36.3 Å². The van der Waals surface area contributed by atoms with Crippen molar-refractivity contribution >= 4 is 11.8 Å². The second-order valence-corrected chi connectivity index (χ2v) is 7.22. The molecular weight excluding hydrogens is 436 g/mol. The Labute approximate surface area is 196 Å². The Morgan fingerprint density at radius 1 is 1.03 bits per heavy atom. The summed E-state index contributed by atoms with van der Waals surface area (Å²) in [6.07, 6.45) is -1.20. The molecule has 2 atom stereocenters. The van der Waals surface area contributed by atoms with E-state index in [2.05, 4.69) is 29.0 Å². The number of carbonyl (C=O) groups is 2. The Kier molecular flexibility index (Phi) is 8.22. The van der Waals surface area contributed by atoms with Gasteiger partial charge < -0.3 is 19.9 Å². The summed E-state index contributed by atoms with van der Waals surface area (Å²) in [6, 6.07) is 16.2. The topological polar surface area (TPSA) is 132 Å². The lowest BCUT2D eigenvalue weighted by Gasteiger charge is -2.19. The maximum atomic E-state index is 12.3. The third kappa shape index (κ3) is 6.12. The van der Waals surface area contributed by atoms with Gasteiger partial charge in [0.15, 0.2) is 5.76 Å². The zero-order valence-electron chi connectivity index (χ0n) is 18.2. The molecule has 8 heteroatoms. The van der Waals surface area contributed by atoms with Crippen LogP contribution in [0.15, 0.2) is 65.1 Å². The molecule has 0 saturated carbocycles. The van der Waals surface area contributed by atoms with Crippen LogP contribution in [0.3, 0.4) is 0 Å². The molecule has 0 radical (unpaired) electrons. The molecule has 0 fully saturated rings. The molecule has 8 nitrogen and oxygen atoms in total. The molecule has 3 aromatic rings. The maximum Gasteiger partial charge on any atom is 0.268 e. The summed E-state index contributed by atoms with van der Waals surface area (Å²) in [5.41, 5.74) is 3.92. The number of furan rings is 1. The van der Waals surface area contributed by atoms with Crippen LogP contribution in [0.1, 0.15) is 34.4 Å². The van der Waals surface area contributed by atoms with Crippen molar-refractivity contribution in [3.8, 4) is 34.8 Å². The van der Waals surface area contributed by atoms with Crippen LogP contribution in [-0.4, -0.2) is 39.4 Å². The number of rotatable bonds is 6. The number of hydrogen-bond donors (Lipinski definition) is 5. The highest BCUT2D eigenvalue weighted by Crippen LogP contribution is 2.26. The predicted molar refractivity (Wildman–Crippen MR) is 123 cm³/mol. The fourth-order valence-corrected chi connectivity index (χ4v) is 3.04. The van der Waals surface area contributed by atoms with Gasteiger partial charge in [0.25, 0.3) is 11.8 Å². The molecule has 3 rings (SSSR count). The quantitative estimate of drug-likeness (QED) is 0.218. The van der Waals surface area contributed by atoms with Gasteiger partial charge in [0.05, 0.1) is 6.10 Å².